The van der Waals surface area contributed by atoms with Crippen molar-refractivity contribution in [2.75, 3.05) is 13.6 Å². The number of nitrogens with zero attached hydrogens (tertiary/aromatic N) is 1. The van der Waals surface area contributed by atoms with Gasteiger partial charge in [-0.2, -0.15) is 0 Å². The van der Waals surface area contributed by atoms with Crippen molar-refractivity contribution in [2.24, 2.45) is 5.92 Å². The third kappa shape index (κ3) is 4.57. The molecule has 1 rings (SSSR count). The van der Waals surface area contributed by atoms with E-state index >= 15 is 0 Å². The fraction of sp³-hybridized carbons (Fsp3) is 0.533. The van der Waals surface area contributed by atoms with Gasteiger partial charge in [0, 0.05) is 11.6 Å². The second-order valence-corrected chi connectivity index (χ2v) is 5.33. The molecule has 1 aromatic carbocycles. The maximum atomic E-state index is 13.0. The van der Waals surface area contributed by atoms with Crippen molar-refractivity contribution in [2.45, 2.75) is 33.2 Å². The zero-order chi connectivity index (χ0) is 13.7. The number of halogens is 1. The number of hydrogen-bond acceptors (Lipinski definition) is 2. The third-order valence-electron chi connectivity index (χ3n) is 3.10. The van der Waals surface area contributed by atoms with Gasteiger partial charge in [-0.15, -0.1) is 0 Å². The lowest BCUT2D eigenvalue weighted by molar-refractivity contribution is 0.0916. The van der Waals surface area contributed by atoms with E-state index in [0.29, 0.717) is 24.1 Å². The van der Waals surface area contributed by atoms with Gasteiger partial charge in [0.25, 0.3) is 0 Å². The van der Waals surface area contributed by atoms with E-state index in [1.165, 1.54) is 12.1 Å². The molecule has 0 bridgehead atoms. The first-order valence-corrected chi connectivity index (χ1v) is 6.39. The molecule has 100 valence electrons. The fourth-order valence-corrected chi connectivity index (χ4v) is 2.00. The summed E-state index contributed by atoms with van der Waals surface area (Å²) in [5, 5.41) is 0. The summed E-state index contributed by atoms with van der Waals surface area (Å²) < 4.78 is 13.0. The van der Waals surface area contributed by atoms with E-state index < -0.39 is 0 Å². The van der Waals surface area contributed by atoms with Gasteiger partial charge in [-0.3, -0.25) is 9.69 Å². The van der Waals surface area contributed by atoms with Gasteiger partial charge in [0.1, 0.15) is 5.82 Å². The minimum atomic E-state index is -0.362. The Morgan fingerprint density at radius 3 is 2.56 bits per heavy atom. The van der Waals surface area contributed by atoms with Crippen molar-refractivity contribution in [1.29, 1.82) is 0 Å². The van der Waals surface area contributed by atoms with Crippen molar-refractivity contribution in [3.8, 4) is 0 Å². The first-order valence-electron chi connectivity index (χ1n) is 6.39. The number of Topliss-reactive ketones (excluding diaryl/α,β-unsaturated/α-hetero) is 1. The minimum Gasteiger partial charge on any atom is -0.296 e. The number of carbonyl (C=O) groups excluding carboxylic acids is 1. The molecule has 0 amide bonds. The zero-order valence-corrected chi connectivity index (χ0v) is 11.6. The average molecular weight is 251 g/mol. The van der Waals surface area contributed by atoms with Crippen molar-refractivity contribution < 1.29 is 9.18 Å². The van der Waals surface area contributed by atoms with Crippen LogP contribution in [0.15, 0.2) is 24.3 Å². The third-order valence-corrected chi connectivity index (χ3v) is 3.10. The van der Waals surface area contributed by atoms with Crippen LogP contribution in [0.25, 0.3) is 0 Å². The molecule has 0 saturated heterocycles. The predicted octanol–water partition coefficient (Wildman–Crippen LogP) is 3.37. The number of likely N-dealkylation sites (N-methyl/N-ethyl adjacent to an activating group) is 1. The lowest BCUT2D eigenvalue weighted by Gasteiger charge is -2.25. The summed E-state index contributed by atoms with van der Waals surface area (Å²) >= 11 is 0. The van der Waals surface area contributed by atoms with Crippen LogP contribution in [0.1, 0.15) is 37.6 Å². The summed E-state index contributed by atoms with van der Waals surface area (Å²) in [7, 11) is 1.93. The lowest BCUT2D eigenvalue weighted by Crippen LogP contribution is -2.34. The maximum absolute atomic E-state index is 13.0. The molecular formula is C15H22FNO. The second-order valence-electron chi connectivity index (χ2n) is 5.33. The maximum Gasteiger partial charge on any atom is 0.176 e. The summed E-state index contributed by atoms with van der Waals surface area (Å²) in [6.07, 6.45) is 1.05. The van der Waals surface area contributed by atoms with Gasteiger partial charge in [-0.05, 0) is 38.4 Å². The molecule has 0 N–H and O–H groups in total. The van der Waals surface area contributed by atoms with Crippen LogP contribution in [0.5, 0.6) is 0 Å². The number of rotatable bonds is 6. The molecule has 2 nitrogen and oxygen atoms in total. The summed E-state index contributed by atoms with van der Waals surface area (Å²) in [5.41, 5.74) is 0.443. The van der Waals surface area contributed by atoms with Crippen LogP contribution in [0.3, 0.4) is 0 Å². The molecule has 1 atom stereocenters. The van der Waals surface area contributed by atoms with Crippen molar-refractivity contribution in [1.82, 2.24) is 4.90 Å². The molecule has 0 aromatic heterocycles. The molecule has 0 aliphatic carbocycles. The van der Waals surface area contributed by atoms with E-state index in [9.17, 15) is 9.18 Å². The van der Waals surface area contributed by atoms with E-state index in [1.807, 2.05) is 11.9 Å². The highest BCUT2D eigenvalue weighted by molar-refractivity contribution is 5.97. The van der Waals surface area contributed by atoms with Crippen LogP contribution in [0.2, 0.25) is 0 Å². The van der Waals surface area contributed by atoms with Crippen LogP contribution in [-0.2, 0) is 0 Å². The van der Waals surface area contributed by atoms with Gasteiger partial charge >= 0.3 is 0 Å². The fourth-order valence-electron chi connectivity index (χ4n) is 2.00. The Bertz CT molecular complexity index is 403. The molecule has 0 heterocycles. The zero-order valence-electron chi connectivity index (χ0n) is 11.6. The molecular weight excluding hydrogens is 229 g/mol. The van der Waals surface area contributed by atoms with E-state index in [4.69, 9.17) is 0 Å². The van der Waals surface area contributed by atoms with Gasteiger partial charge in [0.15, 0.2) is 5.78 Å². The summed E-state index contributed by atoms with van der Waals surface area (Å²) in [5.74, 6) is 0.207. The van der Waals surface area contributed by atoms with Crippen LogP contribution in [-0.4, -0.2) is 30.3 Å². The molecule has 0 radical (unpaired) electrons. The molecule has 18 heavy (non-hydrogen) atoms. The van der Waals surface area contributed by atoms with E-state index in [-0.39, 0.29) is 11.6 Å². The molecule has 0 aliphatic rings. The highest BCUT2D eigenvalue weighted by Crippen LogP contribution is 2.11. The Morgan fingerprint density at radius 1 is 1.33 bits per heavy atom. The van der Waals surface area contributed by atoms with Crippen LogP contribution in [0, 0.1) is 11.7 Å². The first kappa shape index (κ1) is 14.8. The van der Waals surface area contributed by atoms with Gasteiger partial charge in [-0.1, -0.05) is 26.0 Å². The minimum absolute atomic E-state index is 0.0346. The molecule has 0 aliphatic heterocycles. The number of carbonyl (C=O) groups is 1. The molecule has 0 spiro atoms. The van der Waals surface area contributed by atoms with Gasteiger partial charge in [0.2, 0.25) is 0 Å². The summed E-state index contributed by atoms with van der Waals surface area (Å²) in [4.78, 5) is 14.0. The summed E-state index contributed by atoms with van der Waals surface area (Å²) in [6.45, 7) is 6.77. The molecule has 3 heteroatoms. The first-order chi connectivity index (χ1) is 8.40. The van der Waals surface area contributed by atoms with E-state index in [2.05, 4.69) is 20.8 Å². The SMILES string of the molecule is CC(C)CC(C)N(C)CC(=O)c1cccc(F)c1. The highest BCUT2D eigenvalue weighted by atomic mass is 19.1. The predicted molar refractivity (Wildman–Crippen MR) is 72.3 cm³/mol. The Labute approximate surface area is 109 Å². The number of ketones is 1. The largest absolute Gasteiger partial charge is 0.296 e. The van der Waals surface area contributed by atoms with E-state index in [1.54, 1.807) is 12.1 Å². The topological polar surface area (TPSA) is 20.3 Å². The molecule has 1 aromatic rings. The van der Waals surface area contributed by atoms with Crippen molar-refractivity contribution in [3.63, 3.8) is 0 Å². The molecule has 0 saturated carbocycles. The van der Waals surface area contributed by atoms with Crippen molar-refractivity contribution in [3.05, 3.63) is 35.6 Å². The second kappa shape index (κ2) is 6.64. The Hall–Kier alpha value is -1.22. The van der Waals surface area contributed by atoms with E-state index in [0.717, 1.165) is 6.42 Å². The monoisotopic (exact) mass is 251 g/mol. The summed E-state index contributed by atoms with van der Waals surface area (Å²) in [6, 6.07) is 6.22. The van der Waals surface area contributed by atoms with Gasteiger partial charge < -0.3 is 0 Å². The highest BCUT2D eigenvalue weighted by Gasteiger charge is 2.15. The molecule has 0 fully saturated rings. The lowest BCUT2D eigenvalue weighted by atomic mass is 10.0. The van der Waals surface area contributed by atoms with Gasteiger partial charge in [-0.25, -0.2) is 4.39 Å². The van der Waals surface area contributed by atoms with Crippen molar-refractivity contribution >= 4 is 5.78 Å². The smallest absolute Gasteiger partial charge is 0.176 e. The van der Waals surface area contributed by atoms with Crippen LogP contribution in [0.4, 0.5) is 4.39 Å². The Kier molecular flexibility index (Phi) is 5.48. The van der Waals surface area contributed by atoms with Gasteiger partial charge in [0.05, 0.1) is 6.54 Å². The Balaban J connectivity index is 2.59. The Morgan fingerprint density at radius 2 is 2.00 bits per heavy atom. The standard InChI is InChI=1S/C15H22FNO/c1-11(2)8-12(3)17(4)10-15(18)13-6-5-7-14(16)9-13/h5-7,9,11-12H,8,10H2,1-4H3. The normalized spacial score (nSPS) is 13.1. The quantitative estimate of drug-likeness (QED) is 0.722. The van der Waals surface area contributed by atoms with Crippen LogP contribution < -0.4 is 0 Å². The molecule has 1 unspecified atom stereocenters. The van der Waals surface area contributed by atoms with Crippen LogP contribution >= 0.6 is 0 Å². The number of hydrogen-bond donors (Lipinski definition) is 0. The average Bonchev–Trinajstić information content (AvgIpc) is 2.27. The number of benzene rings is 1.